The lowest BCUT2D eigenvalue weighted by Gasteiger charge is -2.37. The molecule has 0 saturated carbocycles. The molecule has 114 valence electrons. The van der Waals surface area contributed by atoms with Crippen LogP contribution in [0.2, 0.25) is 0 Å². The van der Waals surface area contributed by atoms with E-state index in [1.54, 1.807) is 6.20 Å². The standard InChI is InChI=1S/C15H20BrN3O2/c16-13-4-1-5-17-14(13)19-6-2-3-12(11-19)15(20)18-7-9-21-10-8-18/h1,4-5,12H,2-3,6-11H2. The summed E-state index contributed by atoms with van der Waals surface area (Å²) in [5.41, 5.74) is 0. The van der Waals surface area contributed by atoms with Crippen molar-refractivity contribution in [3.05, 3.63) is 22.8 Å². The van der Waals surface area contributed by atoms with Gasteiger partial charge in [0.25, 0.3) is 0 Å². The maximum Gasteiger partial charge on any atom is 0.227 e. The lowest BCUT2D eigenvalue weighted by atomic mass is 9.96. The highest BCUT2D eigenvalue weighted by Crippen LogP contribution is 2.28. The lowest BCUT2D eigenvalue weighted by Crippen LogP contribution is -2.48. The fourth-order valence-electron chi connectivity index (χ4n) is 3.02. The number of amides is 1. The van der Waals surface area contributed by atoms with Crippen molar-refractivity contribution in [2.45, 2.75) is 12.8 Å². The molecule has 0 N–H and O–H groups in total. The highest BCUT2D eigenvalue weighted by atomic mass is 79.9. The maximum absolute atomic E-state index is 12.6. The van der Waals surface area contributed by atoms with Gasteiger partial charge in [-0.15, -0.1) is 0 Å². The molecule has 1 aromatic rings. The zero-order valence-electron chi connectivity index (χ0n) is 12.0. The van der Waals surface area contributed by atoms with Crippen molar-refractivity contribution in [1.29, 1.82) is 0 Å². The highest BCUT2D eigenvalue weighted by Gasteiger charge is 2.31. The van der Waals surface area contributed by atoms with Gasteiger partial charge < -0.3 is 14.5 Å². The first-order chi connectivity index (χ1) is 10.3. The van der Waals surface area contributed by atoms with Crippen molar-refractivity contribution in [3.8, 4) is 0 Å². The van der Waals surface area contributed by atoms with Gasteiger partial charge in [0.15, 0.2) is 0 Å². The Morgan fingerprint density at radius 3 is 2.90 bits per heavy atom. The molecule has 1 amide bonds. The molecule has 0 aromatic carbocycles. The van der Waals surface area contributed by atoms with E-state index >= 15 is 0 Å². The van der Waals surface area contributed by atoms with Crippen molar-refractivity contribution in [2.75, 3.05) is 44.3 Å². The second-order valence-corrected chi connectivity index (χ2v) is 6.39. The Labute approximate surface area is 133 Å². The molecule has 5 nitrogen and oxygen atoms in total. The summed E-state index contributed by atoms with van der Waals surface area (Å²) < 4.78 is 6.31. The monoisotopic (exact) mass is 353 g/mol. The maximum atomic E-state index is 12.6. The smallest absolute Gasteiger partial charge is 0.227 e. The van der Waals surface area contributed by atoms with Gasteiger partial charge in [-0.1, -0.05) is 0 Å². The Morgan fingerprint density at radius 1 is 1.33 bits per heavy atom. The minimum Gasteiger partial charge on any atom is -0.378 e. The summed E-state index contributed by atoms with van der Waals surface area (Å²) in [6, 6.07) is 3.91. The van der Waals surface area contributed by atoms with Crippen molar-refractivity contribution in [2.24, 2.45) is 5.92 Å². The van der Waals surface area contributed by atoms with Gasteiger partial charge in [-0.2, -0.15) is 0 Å². The first-order valence-electron chi connectivity index (χ1n) is 7.47. The van der Waals surface area contributed by atoms with Gasteiger partial charge in [-0.25, -0.2) is 4.98 Å². The number of morpholine rings is 1. The summed E-state index contributed by atoms with van der Waals surface area (Å²) in [7, 11) is 0. The van der Waals surface area contributed by atoms with Crippen LogP contribution < -0.4 is 4.90 Å². The van der Waals surface area contributed by atoms with Gasteiger partial charge in [-0.3, -0.25) is 4.79 Å². The summed E-state index contributed by atoms with van der Waals surface area (Å²) in [4.78, 5) is 21.2. The number of halogens is 1. The zero-order valence-corrected chi connectivity index (χ0v) is 13.6. The van der Waals surface area contributed by atoms with Crippen molar-refractivity contribution in [1.82, 2.24) is 9.88 Å². The molecule has 2 aliphatic heterocycles. The number of carbonyl (C=O) groups is 1. The number of piperidine rings is 1. The Morgan fingerprint density at radius 2 is 2.14 bits per heavy atom. The molecule has 3 rings (SSSR count). The minimum atomic E-state index is 0.0748. The summed E-state index contributed by atoms with van der Waals surface area (Å²) in [6.07, 6.45) is 3.80. The van der Waals surface area contributed by atoms with Gasteiger partial charge in [0, 0.05) is 32.4 Å². The summed E-state index contributed by atoms with van der Waals surface area (Å²) in [5.74, 6) is 1.29. The number of carbonyl (C=O) groups excluding carboxylic acids is 1. The van der Waals surface area contributed by atoms with Crippen LogP contribution in [0, 0.1) is 5.92 Å². The second kappa shape index (κ2) is 6.75. The van der Waals surface area contributed by atoms with E-state index in [2.05, 4.69) is 25.8 Å². The van der Waals surface area contributed by atoms with Crippen molar-refractivity contribution >= 4 is 27.7 Å². The number of nitrogens with zero attached hydrogens (tertiary/aromatic N) is 3. The van der Waals surface area contributed by atoms with Gasteiger partial charge in [0.1, 0.15) is 5.82 Å². The average molecular weight is 354 g/mol. The quantitative estimate of drug-likeness (QED) is 0.814. The Bertz CT molecular complexity index is 505. The SMILES string of the molecule is O=C(C1CCCN(c2ncccc2Br)C1)N1CCOCC1. The topological polar surface area (TPSA) is 45.7 Å². The molecule has 21 heavy (non-hydrogen) atoms. The minimum absolute atomic E-state index is 0.0748. The Balaban J connectivity index is 1.68. The van der Waals surface area contributed by atoms with E-state index in [0.29, 0.717) is 13.2 Å². The van der Waals surface area contributed by atoms with Crippen LogP contribution in [-0.2, 0) is 9.53 Å². The molecule has 0 bridgehead atoms. The number of aromatic nitrogens is 1. The molecule has 2 aliphatic rings. The van der Waals surface area contributed by atoms with E-state index in [4.69, 9.17) is 4.74 Å². The fourth-order valence-corrected chi connectivity index (χ4v) is 3.53. The molecular formula is C15H20BrN3O2. The van der Waals surface area contributed by atoms with Crippen molar-refractivity contribution in [3.63, 3.8) is 0 Å². The van der Waals surface area contributed by atoms with Crippen LogP contribution in [0.5, 0.6) is 0 Å². The number of hydrogen-bond donors (Lipinski definition) is 0. The van der Waals surface area contributed by atoms with Crippen LogP contribution in [0.25, 0.3) is 0 Å². The van der Waals surface area contributed by atoms with Gasteiger partial charge >= 0.3 is 0 Å². The third kappa shape index (κ3) is 3.37. The highest BCUT2D eigenvalue weighted by molar-refractivity contribution is 9.10. The number of anilines is 1. The molecular weight excluding hydrogens is 334 g/mol. The second-order valence-electron chi connectivity index (χ2n) is 5.53. The van der Waals surface area contributed by atoms with Crippen LogP contribution in [0.1, 0.15) is 12.8 Å². The van der Waals surface area contributed by atoms with Crippen LogP contribution >= 0.6 is 15.9 Å². The first kappa shape index (κ1) is 14.8. The predicted molar refractivity (Wildman–Crippen MR) is 84.3 cm³/mol. The molecule has 2 saturated heterocycles. The van der Waals surface area contributed by atoms with Crippen LogP contribution in [0.4, 0.5) is 5.82 Å². The van der Waals surface area contributed by atoms with Crippen LogP contribution in [0.15, 0.2) is 22.8 Å². The van der Waals surface area contributed by atoms with Crippen LogP contribution in [0.3, 0.4) is 0 Å². The number of pyridine rings is 1. The third-order valence-corrected chi connectivity index (χ3v) is 4.75. The zero-order chi connectivity index (χ0) is 14.7. The van der Waals surface area contributed by atoms with Gasteiger partial charge in [0.2, 0.25) is 5.91 Å². The fraction of sp³-hybridized carbons (Fsp3) is 0.600. The van der Waals surface area contributed by atoms with Gasteiger partial charge in [0.05, 0.1) is 23.6 Å². The Kier molecular flexibility index (Phi) is 4.75. The molecule has 0 aliphatic carbocycles. The molecule has 3 heterocycles. The number of ether oxygens (including phenoxy) is 1. The largest absolute Gasteiger partial charge is 0.378 e. The third-order valence-electron chi connectivity index (χ3n) is 4.13. The molecule has 6 heteroatoms. The van der Waals surface area contributed by atoms with Gasteiger partial charge in [-0.05, 0) is 40.9 Å². The normalized spacial score (nSPS) is 23.2. The molecule has 0 spiro atoms. The van der Waals surface area contributed by atoms with Crippen LogP contribution in [-0.4, -0.2) is 55.2 Å². The Hall–Kier alpha value is -1.14. The predicted octanol–water partition coefficient (Wildman–Crippen LogP) is 1.92. The number of hydrogen-bond acceptors (Lipinski definition) is 4. The van der Waals surface area contributed by atoms with E-state index < -0.39 is 0 Å². The van der Waals surface area contributed by atoms with E-state index in [1.807, 2.05) is 17.0 Å². The molecule has 0 radical (unpaired) electrons. The average Bonchev–Trinajstić information content (AvgIpc) is 2.55. The lowest BCUT2D eigenvalue weighted by molar-refractivity contribution is -0.139. The van der Waals surface area contributed by atoms with E-state index in [9.17, 15) is 4.79 Å². The first-order valence-corrected chi connectivity index (χ1v) is 8.27. The molecule has 1 unspecified atom stereocenters. The summed E-state index contributed by atoms with van der Waals surface area (Å²) in [5, 5.41) is 0. The van der Waals surface area contributed by atoms with Crippen molar-refractivity contribution < 1.29 is 9.53 Å². The van der Waals surface area contributed by atoms with E-state index in [0.717, 1.165) is 49.3 Å². The number of rotatable bonds is 2. The van der Waals surface area contributed by atoms with E-state index in [1.165, 1.54) is 0 Å². The summed E-state index contributed by atoms with van der Waals surface area (Å²) >= 11 is 3.55. The molecule has 1 atom stereocenters. The summed E-state index contributed by atoms with van der Waals surface area (Å²) in [6.45, 7) is 4.49. The molecule has 2 fully saturated rings. The van der Waals surface area contributed by atoms with E-state index in [-0.39, 0.29) is 11.8 Å². The molecule has 1 aromatic heterocycles.